The minimum Gasteiger partial charge on any atom is -0.506 e. The molecule has 0 spiro atoms. The van der Waals surface area contributed by atoms with Gasteiger partial charge in [0.1, 0.15) is 23.5 Å². The van der Waals surface area contributed by atoms with Gasteiger partial charge in [-0.1, -0.05) is 48.5 Å². The Hall–Kier alpha value is -5.63. The van der Waals surface area contributed by atoms with Crippen molar-refractivity contribution in [3.8, 4) is 16.9 Å². The van der Waals surface area contributed by atoms with Crippen molar-refractivity contribution in [2.45, 2.75) is 44.3 Å². The molecular weight excluding hydrogens is 708 g/mol. The Kier molecular flexibility index (Phi) is 12.2. The molecule has 1 fully saturated rings. The molecular formula is C42H46F2N5O6+. The van der Waals surface area contributed by atoms with Gasteiger partial charge in [0.15, 0.2) is 0 Å². The van der Waals surface area contributed by atoms with E-state index in [1.807, 2.05) is 42.5 Å². The molecule has 0 unspecified atom stereocenters. The van der Waals surface area contributed by atoms with Gasteiger partial charge < -0.3 is 35.1 Å². The van der Waals surface area contributed by atoms with Crippen LogP contribution in [0, 0.1) is 11.6 Å². The lowest BCUT2D eigenvalue weighted by atomic mass is 9.99. The van der Waals surface area contributed by atoms with E-state index in [0.29, 0.717) is 16.6 Å². The van der Waals surface area contributed by atoms with Crippen molar-refractivity contribution in [3.05, 3.63) is 124 Å². The summed E-state index contributed by atoms with van der Waals surface area (Å²) in [4.78, 5) is 40.1. The van der Waals surface area contributed by atoms with Gasteiger partial charge in [-0.05, 0) is 65.9 Å². The summed E-state index contributed by atoms with van der Waals surface area (Å²) >= 11 is 0. The normalized spacial score (nSPS) is 14.7. The highest BCUT2D eigenvalue weighted by molar-refractivity contribution is 5.93. The van der Waals surface area contributed by atoms with E-state index in [4.69, 9.17) is 4.74 Å². The number of rotatable bonds is 13. The van der Waals surface area contributed by atoms with Crippen LogP contribution in [-0.2, 0) is 22.4 Å². The van der Waals surface area contributed by atoms with Crippen LogP contribution in [0.4, 0.5) is 25.0 Å². The molecule has 1 atom stereocenters. The van der Waals surface area contributed by atoms with Crippen molar-refractivity contribution >= 4 is 34.3 Å². The number of aromatic hydroxyl groups is 1. The van der Waals surface area contributed by atoms with Gasteiger partial charge in [-0.15, -0.1) is 0 Å². The van der Waals surface area contributed by atoms with Gasteiger partial charge >= 0.3 is 6.09 Å². The smallest absolute Gasteiger partial charge is 0.411 e. The molecule has 1 aliphatic rings. The van der Waals surface area contributed by atoms with Crippen LogP contribution in [0.3, 0.4) is 0 Å². The number of amides is 2. The first-order valence-corrected chi connectivity index (χ1v) is 18.3. The van der Waals surface area contributed by atoms with E-state index in [2.05, 4.69) is 35.0 Å². The molecule has 55 heavy (non-hydrogen) atoms. The number of phenols is 1. The number of quaternary nitrogens is 1. The van der Waals surface area contributed by atoms with Crippen molar-refractivity contribution in [1.82, 2.24) is 10.3 Å². The van der Waals surface area contributed by atoms with Crippen LogP contribution in [0.1, 0.15) is 42.1 Å². The lowest BCUT2D eigenvalue weighted by molar-refractivity contribution is -0.896. The van der Waals surface area contributed by atoms with Gasteiger partial charge in [-0.2, -0.15) is 0 Å². The number of anilines is 2. The second-order valence-corrected chi connectivity index (χ2v) is 14.6. The fourth-order valence-corrected chi connectivity index (χ4v) is 6.84. The Morgan fingerprint density at radius 3 is 2.44 bits per heavy atom. The van der Waals surface area contributed by atoms with Crippen molar-refractivity contribution in [2.24, 2.45) is 0 Å². The summed E-state index contributed by atoms with van der Waals surface area (Å²) in [6.07, 6.45) is 0.211. The lowest BCUT2D eigenvalue weighted by Crippen LogP contribution is -2.48. The van der Waals surface area contributed by atoms with Gasteiger partial charge in [0.05, 0.1) is 50.2 Å². The molecule has 13 heteroatoms. The van der Waals surface area contributed by atoms with Gasteiger partial charge in [0.25, 0.3) is 0 Å². The number of carbonyl (C=O) groups is 2. The summed E-state index contributed by atoms with van der Waals surface area (Å²) < 4.78 is 36.8. The number of carbonyl (C=O) groups excluding carboxylic acids is 2. The summed E-state index contributed by atoms with van der Waals surface area (Å²) in [6, 6.07) is 22.9. The number of aliphatic hydroxyl groups excluding tert-OH is 1. The SMILES string of the molecule is C[N+]1(C)CCC(OC(=O)Nc2cc(CCC(=O)Nc3cc(F)c(CCNC[C@H](O)c4ccc(O)c5[nH]c(=O)ccc45)cc3F)ccc2-c2ccccc2)CC1. The third-order valence-electron chi connectivity index (χ3n) is 10.0. The van der Waals surface area contributed by atoms with Crippen molar-refractivity contribution < 1.29 is 37.8 Å². The number of hydrogen-bond donors (Lipinski definition) is 6. The first-order chi connectivity index (χ1) is 26.3. The highest BCUT2D eigenvalue weighted by atomic mass is 19.1. The van der Waals surface area contributed by atoms with Gasteiger partial charge in [-0.25, -0.2) is 13.6 Å². The largest absolute Gasteiger partial charge is 0.506 e. The number of aromatic amines is 1. The highest BCUT2D eigenvalue weighted by Gasteiger charge is 2.28. The van der Waals surface area contributed by atoms with Crippen LogP contribution in [0.15, 0.2) is 89.7 Å². The lowest BCUT2D eigenvalue weighted by Gasteiger charge is -2.36. The number of ether oxygens (including phenoxy) is 1. The third kappa shape index (κ3) is 10.1. The van der Waals surface area contributed by atoms with Gasteiger partial charge in [-0.3, -0.25) is 14.9 Å². The number of likely N-dealkylation sites (tertiary alicyclic amines) is 1. The van der Waals surface area contributed by atoms with Crippen molar-refractivity contribution in [2.75, 3.05) is 50.9 Å². The Bertz CT molecular complexity index is 2220. The predicted octanol–water partition coefficient (Wildman–Crippen LogP) is 6.40. The summed E-state index contributed by atoms with van der Waals surface area (Å²) in [5.74, 6) is -2.11. The molecule has 6 rings (SSSR count). The molecule has 11 nitrogen and oxygen atoms in total. The number of pyridine rings is 1. The van der Waals surface area contributed by atoms with Crippen LogP contribution in [-0.4, -0.2) is 78.1 Å². The number of fused-ring (bicyclic) bond motifs is 1. The molecule has 2 amide bonds. The molecule has 5 aromatic rings. The van der Waals surface area contributed by atoms with E-state index in [-0.39, 0.29) is 66.5 Å². The number of nitrogens with one attached hydrogen (secondary N) is 4. The summed E-state index contributed by atoms with van der Waals surface area (Å²) in [5, 5.41) is 29.7. The average Bonchev–Trinajstić information content (AvgIpc) is 3.16. The van der Waals surface area contributed by atoms with E-state index >= 15 is 8.78 Å². The summed E-state index contributed by atoms with van der Waals surface area (Å²) in [7, 11) is 4.32. The molecule has 288 valence electrons. The molecule has 1 aliphatic heterocycles. The minimum atomic E-state index is -1.01. The number of benzene rings is 4. The number of H-pyrrole nitrogens is 1. The monoisotopic (exact) mass is 754 g/mol. The fraction of sp³-hybridized carbons (Fsp3) is 0.310. The maximum Gasteiger partial charge on any atom is 0.411 e. The van der Waals surface area contributed by atoms with Gasteiger partial charge in [0.2, 0.25) is 11.5 Å². The van der Waals surface area contributed by atoms with E-state index in [9.17, 15) is 24.6 Å². The number of hydrogen-bond acceptors (Lipinski definition) is 7. The first kappa shape index (κ1) is 39.1. The number of halogens is 2. The number of piperidine rings is 1. The summed E-state index contributed by atoms with van der Waals surface area (Å²) in [6.45, 7) is 2.13. The summed E-state index contributed by atoms with van der Waals surface area (Å²) in [5.41, 5.74) is 3.11. The van der Waals surface area contributed by atoms with Crippen LogP contribution in [0.2, 0.25) is 0 Å². The zero-order valence-corrected chi connectivity index (χ0v) is 30.8. The van der Waals surface area contributed by atoms with E-state index < -0.39 is 29.7 Å². The molecule has 0 aliphatic carbocycles. The molecule has 4 aromatic carbocycles. The zero-order valence-electron chi connectivity index (χ0n) is 30.8. The fourth-order valence-electron chi connectivity index (χ4n) is 6.84. The number of aliphatic hydroxyl groups is 1. The van der Waals surface area contributed by atoms with Crippen LogP contribution in [0.25, 0.3) is 22.0 Å². The minimum absolute atomic E-state index is 0.0217. The second-order valence-electron chi connectivity index (χ2n) is 14.6. The zero-order chi connectivity index (χ0) is 39.1. The Balaban J connectivity index is 1.02. The van der Waals surface area contributed by atoms with Crippen molar-refractivity contribution in [3.63, 3.8) is 0 Å². The van der Waals surface area contributed by atoms with Crippen molar-refractivity contribution in [1.29, 1.82) is 0 Å². The van der Waals surface area contributed by atoms with E-state index in [0.717, 1.165) is 59.2 Å². The number of phenolic OH excluding ortho intramolecular Hbond substituents is 1. The second kappa shape index (κ2) is 17.2. The van der Waals surface area contributed by atoms with Crippen LogP contribution < -0.4 is 21.5 Å². The topological polar surface area (TPSA) is 153 Å². The molecule has 1 saturated heterocycles. The third-order valence-corrected chi connectivity index (χ3v) is 10.0. The van der Waals surface area contributed by atoms with Crippen LogP contribution >= 0.6 is 0 Å². The standard InChI is InChI=1S/C42H45F2N5O6/c1-49(2)20-17-29(18-21-49)55-42(54)47-35-22-26(8-10-30(35)27-6-4-3-5-7-27)9-14-39(52)46-36-24-33(43)28(23-34(36)44)16-19-45-25-38(51)31-11-13-37(50)41-32(31)12-15-40(53)48-41/h3-8,10-13,15,22-24,29,38,45,51H,9,14,16-21,25H2,1-2H3,(H3-,46,47,48,50,52,53,54)/p+1/t38-/m0/s1. The average molecular weight is 755 g/mol. The maximum atomic E-state index is 15.1. The Morgan fingerprint density at radius 1 is 0.909 bits per heavy atom. The molecule has 0 bridgehead atoms. The number of aromatic nitrogens is 1. The maximum absolute atomic E-state index is 15.1. The number of aryl methyl sites for hydroxylation is 1. The van der Waals surface area contributed by atoms with E-state index in [1.165, 1.54) is 18.2 Å². The predicted molar refractivity (Wildman–Crippen MR) is 208 cm³/mol. The Morgan fingerprint density at radius 2 is 1.67 bits per heavy atom. The quantitative estimate of drug-likeness (QED) is 0.0601. The van der Waals surface area contributed by atoms with Crippen LogP contribution in [0.5, 0.6) is 5.75 Å². The Labute approximate surface area is 317 Å². The molecule has 2 heterocycles. The van der Waals surface area contributed by atoms with Gasteiger partial charge in [0, 0.05) is 48.9 Å². The van der Waals surface area contributed by atoms with E-state index in [1.54, 1.807) is 12.1 Å². The molecule has 1 aromatic heterocycles. The highest BCUT2D eigenvalue weighted by Crippen LogP contribution is 2.31. The molecule has 0 radical (unpaired) electrons. The molecule has 0 saturated carbocycles. The number of nitrogens with zero attached hydrogens (tertiary/aromatic N) is 1. The molecule has 6 N–H and O–H groups in total. The first-order valence-electron chi connectivity index (χ1n) is 18.3.